The van der Waals surface area contributed by atoms with Gasteiger partial charge in [-0.1, -0.05) is 17.7 Å². The standard InChI is InChI=1S/C27H23ClF2N8O3/c1-36-21-8-15(11-37-6-7-38-23(12-37)32-14-33-38)2-5-22(21)41-13-20(27(36)40)34-26(39)25-31-10-18(28)24(35-25)17-4-3-16(29)9-19(17)30/h2-5,8-10,14,20H,6-7,11-13H2,1H3,(H,34,39)/t20-/m0/s1. The minimum absolute atomic E-state index is 0.0293. The summed E-state index contributed by atoms with van der Waals surface area (Å²) in [5.74, 6) is -1.80. The Kier molecular flexibility index (Phi) is 7.05. The lowest BCUT2D eigenvalue weighted by molar-refractivity contribution is -0.120. The molecule has 210 valence electrons. The van der Waals surface area contributed by atoms with E-state index in [9.17, 15) is 18.4 Å². The van der Waals surface area contributed by atoms with Crippen molar-refractivity contribution in [2.45, 2.75) is 25.7 Å². The van der Waals surface area contributed by atoms with Gasteiger partial charge in [0.15, 0.2) is 0 Å². The number of nitrogens with one attached hydrogen (secondary N) is 1. The van der Waals surface area contributed by atoms with E-state index >= 15 is 0 Å². The smallest absolute Gasteiger partial charge is 0.289 e. The van der Waals surface area contributed by atoms with Crippen LogP contribution in [0.3, 0.4) is 0 Å². The summed E-state index contributed by atoms with van der Waals surface area (Å²) in [6.07, 6.45) is 2.69. The van der Waals surface area contributed by atoms with Gasteiger partial charge in [-0.2, -0.15) is 5.10 Å². The van der Waals surface area contributed by atoms with E-state index in [1.807, 2.05) is 16.8 Å². The molecule has 0 unspecified atom stereocenters. The van der Waals surface area contributed by atoms with Crippen molar-refractivity contribution in [3.05, 3.63) is 82.8 Å². The Hall–Kier alpha value is -4.49. The van der Waals surface area contributed by atoms with Crippen LogP contribution in [0.4, 0.5) is 14.5 Å². The van der Waals surface area contributed by atoms with Crippen molar-refractivity contribution in [2.75, 3.05) is 25.1 Å². The molecule has 11 nitrogen and oxygen atoms in total. The molecule has 0 spiro atoms. The number of halogens is 3. The third-order valence-corrected chi connectivity index (χ3v) is 7.23. The van der Waals surface area contributed by atoms with Gasteiger partial charge in [0.25, 0.3) is 11.8 Å². The van der Waals surface area contributed by atoms with Crippen LogP contribution in [-0.4, -0.2) is 67.7 Å². The number of amides is 2. The molecule has 41 heavy (non-hydrogen) atoms. The average Bonchev–Trinajstić information content (AvgIpc) is 3.39. The SMILES string of the molecule is CN1C(=O)[C@@H](NC(=O)c2ncc(Cl)c(-c3ccc(F)cc3F)n2)COc2ccc(CN3CCn4ncnc4C3)cc21. The number of aromatic nitrogens is 5. The Morgan fingerprint density at radius 2 is 2.02 bits per heavy atom. The molecule has 0 saturated carbocycles. The summed E-state index contributed by atoms with van der Waals surface area (Å²) in [7, 11) is 1.61. The number of likely N-dealkylation sites (N-methyl/N-ethyl adjacent to an activating group) is 1. The van der Waals surface area contributed by atoms with Crippen molar-refractivity contribution in [2.24, 2.45) is 0 Å². The largest absolute Gasteiger partial charge is 0.489 e. The van der Waals surface area contributed by atoms with Crippen molar-refractivity contribution in [3.63, 3.8) is 0 Å². The van der Waals surface area contributed by atoms with E-state index in [-0.39, 0.29) is 28.7 Å². The molecule has 2 aliphatic heterocycles. The van der Waals surface area contributed by atoms with Gasteiger partial charge in [-0.15, -0.1) is 0 Å². The summed E-state index contributed by atoms with van der Waals surface area (Å²) in [6, 6.07) is 7.49. The maximum Gasteiger partial charge on any atom is 0.289 e. The molecule has 1 atom stereocenters. The van der Waals surface area contributed by atoms with Gasteiger partial charge in [-0.3, -0.25) is 14.5 Å². The molecule has 2 aliphatic rings. The van der Waals surface area contributed by atoms with Crippen LogP contribution in [0.5, 0.6) is 5.75 Å². The predicted octanol–water partition coefficient (Wildman–Crippen LogP) is 2.84. The number of anilines is 1. The van der Waals surface area contributed by atoms with Crippen LogP contribution in [0, 0.1) is 11.6 Å². The van der Waals surface area contributed by atoms with Crippen LogP contribution in [0.2, 0.25) is 5.02 Å². The Labute approximate surface area is 237 Å². The zero-order valence-electron chi connectivity index (χ0n) is 21.7. The summed E-state index contributed by atoms with van der Waals surface area (Å²) in [5, 5.41) is 6.78. The zero-order valence-corrected chi connectivity index (χ0v) is 22.5. The Morgan fingerprint density at radius 3 is 2.85 bits per heavy atom. The highest BCUT2D eigenvalue weighted by Gasteiger charge is 2.32. The molecule has 0 bridgehead atoms. The second kappa shape index (κ2) is 10.8. The zero-order chi connectivity index (χ0) is 28.7. The van der Waals surface area contributed by atoms with E-state index in [1.165, 1.54) is 11.0 Å². The molecular formula is C27H23ClF2N8O3. The number of ether oxygens (including phenoxy) is 1. The molecule has 2 aromatic heterocycles. The molecule has 2 aromatic carbocycles. The third-order valence-electron chi connectivity index (χ3n) is 6.95. The summed E-state index contributed by atoms with van der Waals surface area (Å²) in [6.45, 7) is 2.75. The first-order chi connectivity index (χ1) is 19.8. The molecule has 4 aromatic rings. The number of carbonyl (C=O) groups excluding carboxylic acids is 2. The minimum atomic E-state index is -1.05. The van der Waals surface area contributed by atoms with E-state index < -0.39 is 29.5 Å². The monoisotopic (exact) mass is 580 g/mol. The fourth-order valence-electron chi connectivity index (χ4n) is 4.82. The van der Waals surface area contributed by atoms with Gasteiger partial charge in [0.05, 0.1) is 35.7 Å². The van der Waals surface area contributed by atoms with Crippen LogP contribution < -0.4 is 15.0 Å². The van der Waals surface area contributed by atoms with Crippen molar-refractivity contribution >= 4 is 29.1 Å². The van der Waals surface area contributed by atoms with E-state index in [1.54, 1.807) is 19.4 Å². The minimum Gasteiger partial charge on any atom is -0.489 e. The molecular weight excluding hydrogens is 558 g/mol. The molecule has 0 saturated heterocycles. The Morgan fingerprint density at radius 1 is 1.17 bits per heavy atom. The first-order valence-electron chi connectivity index (χ1n) is 12.7. The molecule has 0 fully saturated rings. The maximum atomic E-state index is 14.4. The van der Waals surface area contributed by atoms with E-state index in [2.05, 4.69) is 30.3 Å². The van der Waals surface area contributed by atoms with Crippen LogP contribution in [0.1, 0.15) is 22.0 Å². The van der Waals surface area contributed by atoms with Crippen LogP contribution >= 0.6 is 11.6 Å². The Balaban J connectivity index is 1.17. The average molecular weight is 581 g/mol. The van der Waals surface area contributed by atoms with Gasteiger partial charge < -0.3 is 15.0 Å². The summed E-state index contributed by atoms with van der Waals surface area (Å²) in [4.78, 5) is 42.4. The highest BCUT2D eigenvalue weighted by Crippen LogP contribution is 2.33. The third kappa shape index (κ3) is 5.33. The van der Waals surface area contributed by atoms with E-state index in [0.29, 0.717) is 30.6 Å². The fraction of sp³-hybridized carbons (Fsp3) is 0.259. The lowest BCUT2D eigenvalue weighted by atomic mass is 10.1. The quantitative estimate of drug-likeness (QED) is 0.383. The number of nitrogens with zero attached hydrogens (tertiary/aromatic N) is 7. The number of benzene rings is 2. The lowest BCUT2D eigenvalue weighted by Crippen LogP contribution is -2.49. The van der Waals surface area contributed by atoms with E-state index in [0.717, 1.165) is 36.7 Å². The molecule has 1 N–H and O–H groups in total. The maximum absolute atomic E-state index is 14.4. The number of rotatable bonds is 5. The molecule has 0 radical (unpaired) electrons. The van der Waals surface area contributed by atoms with Gasteiger partial charge in [0.1, 0.15) is 42.2 Å². The fourth-order valence-corrected chi connectivity index (χ4v) is 5.01. The van der Waals surface area contributed by atoms with Gasteiger partial charge in [0.2, 0.25) is 5.82 Å². The second-order valence-corrected chi connectivity index (χ2v) is 10.1. The first-order valence-corrected chi connectivity index (χ1v) is 13.1. The molecule has 2 amide bonds. The highest BCUT2D eigenvalue weighted by atomic mass is 35.5. The summed E-state index contributed by atoms with van der Waals surface area (Å²) in [5.41, 5.74) is 1.37. The predicted molar refractivity (Wildman–Crippen MR) is 143 cm³/mol. The number of carbonyl (C=O) groups is 2. The number of fused-ring (bicyclic) bond motifs is 2. The Bertz CT molecular complexity index is 1670. The summed E-state index contributed by atoms with van der Waals surface area (Å²) < 4.78 is 35.5. The van der Waals surface area contributed by atoms with Crippen LogP contribution in [-0.2, 0) is 24.4 Å². The molecule has 6 rings (SSSR count). The number of hydrogen-bond acceptors (Lipinski definition) is 8. The molecule has 4 heterocycles. The van der Waals surface area contributed by atoms with Crippen molar-refractivity contribution in [1.29, 1.82) is 0 Å². The summed E-state index contributed by atoms with van der Waals surface area (Å²) >= 11 is 6.14. The van der Waals surface area contributed by atoms with Crippen molar-refractivity contribution in [1.82, 2.24) is 34.9 Å². The van der Waals surface area contributed by atoms with Crippen LogP contribution in [0.15, 0.2) is 48.9 Å². The van der Waals surface area contributed by atoms with Gasteiger partial charge in [0, 0.05) is 31.8 Å². The van der Waals surface area contributed by atoms with Gasteiger partial charge in [-0.25, -0.2) is 28.4 Å². The second-order valence-electron chi connectivity index (χ2n) is 9.66. The molecule has 0 aliphatic carbocycles. The van der Waals surface area contributed by atoms with Gasteiger partial charge in [-0.05, 0) is 29.8 Å². The lowest BCUT2D eigenvalue weighted by Gasteiger charge is -2.27. The first kappa shape index (κ1) is 26.7. The van der Waals surface area contributed by atoms with Crippen molar-refractivity contribution in [3.8, 4) is 17.0 Å². The normalized spacial score (nSPS) is 16.9. The topological polar surface area (TPSA) is 118 Å². The number of hydrogen-bond donors (Lipinski definition) is 1. The van der Waals surface area contributed by atoms with Crippen LogP contribution in [0.25, 0.3) is 11.3 Å². The highest BCUT2D eigenvalue weighted by molar-refractivity contribution is 6.33. The van der Waals surface area contributed by atoms with Crippen molar-refractivity contribution < 1.29 is 23.1 Å². The molecule has 14 heteroatoms. The van der Waals surface area contributed by atoms with E-state index in [4.69, 9.17) is 16.3 Å². The van der Waals surface area contributed by atoms with Gasteiger partial charge >= 0.3 is 0 Å².